The number of aryl methyl sites for hydroxylation is 1. The lowest BCUT2D eigenvalue weighted by atomic mass is 10.0. The zero-order valence-corrected chi connectivity index (χ0v) is 23.2. The Kier molecular flexibility index (Phi) is 7.00. The zero-order chi connectivity index (χ0) is 26.9. The summed E-state index contributed by atoms with van der Waals surface area (Å²) in [6, 6.07) is 30.4. The number of pyridine rings is 1. The highest BCUT2D eigenvalue weighted by Crippen LogP contribution is 2.44. The maximum Gasteiger partial charge on any atom is 0.174 e. The molecule has 1 fully saturated rings. The van der Waals surface area contributed by atoms with Gasteiger partial charge in [0.1, 0.15) is 29.1 Å². The Balaban J connectivity index is 1.36. The van der Waals surface area contributed by atoms with Gasteiger partial charge in [0.2, 0.25) is 0 Å². The second-order valence-electron chi connectivity index (χ2n) is 9.21. The van der Waals surface area contributed by atoms with Crippen LogP contribution < -0.4 is 15.0 Å². The number of rotatable bonds is 6. The number of halogens is 2. The lowest BCUT2D eigenvalue weighted by Crippen LogP contribution is -2.29. The molecule has 0 bridgehead atoms. The normalized spacial score (nSPS) is 16.8. The third kappa shape index (κ3) is 5.11. The fourth-order valence-electron chi connectivity index (χ4n) is 4.69. The molecule has 2 aromatic heterocycles. The minimum atomic E-state index is -0.303. The average molecular weight is 573 g/mol. The molecule has 0 radical (unpaired) electrons. The van der Waals surface area contributed by atoms with Crippen LogP contribution in [0.3, 0.4) is 0 Å². The number of thiocarbonyl (C=S) groups is 1. The van der Waals surface area contributed by atoms with Gasteiger partial charge in [-0.3, -0.25) is 4.98 Å². The molecule has 1 aliphatic rings. The number of furan rings is 1. The molecule has 39 heavy (non-hydrogen) atoms. The first-order chi connectivity index (χ1) is 19.0. The summed E-state index contributed by atoms with van der Waals surface area (Å²) in [6.07, 6.45) is 1.77. The zero-order valence-electron chi connectivity index (χ0n) is 20.8. The molecule has 6 rings (SSSR count). The minimum absolute atomic E-state index is 0.240. The summed E-state index contributed by atoms with van der Waals surface area (Å²) < 4.78 is 12.5. The molecule has 0 saturated carbocycles. The maximum atomic E-state index is 6.49. The predicted molar refractivity (Wildman–Crippen MR) is 160 cm³/mol. The standard InChI is InChI=1S/C31H23Cl2N3O2S/c1-19-8-12-21(13-9-19)37-22-14-10-20(11-15-22)36-30(29(35-31(36)39)25-7-2-3-18-34-25)27-17-16-26(38-27)23-5-4-6-24(32)28(23)33/h2-18,29-30H,1H3,(H,35,39)/t29-,30-/m0/s1. The van der Waals surface area contributed by atoms with Gasteiger partial charge in [0.05, 0.1) is 21.8 Å². The summed E-state index contributed by atoms with van der Waals surface area (Å²) in [5, 5.41) is 4.94. The van der Waals surface area contributed by atoms with Crippen molar-refractivity contribution < 1.29 is 9.15 Å². The maximum absolute atomic E-state index is 6.49. The van der Waals surface area contributed by atoms with Gasteiger partial charge >= 0.3 is 0 Å². The predicted octanol–water partition coefficient (Wildman–Crippen LogP) is 8.93. The van der Waals surface area contributed by atoms with E-state index in [-0.39, 0.29) is 12.1 Å². The molecular weight excluding hydrogens is 549 g/mol. The number of hydrogen-bond donors (Lipinski definition) is 1. The van der Waals surface area contributed by atoms with Gasteiger partial charge in [0, 0.05) is 17.4 Å². The van der Waals surface area contributed by atoms with Crippen molar-refractivity contribution in [2.24, 2.45) is 0 Å². The lowest BCUT2D eigenvalue weighted by molar-refractivity contribution is 0.439. The lowest BCUT2D eigenvalue weighted by Gasteiger charge is -2.26. The SMILES string of the molecule is Cc1ccc(Oc2ccc(N3C(=S)N[C@@H](c4ccccn4)[C@@H]3c3ccc(-c4cccc(Cl)c4Cl)o3)cc2)cc1. The largest absolute Gasteiger partial charge is 0.459 e. The highest BCUT2D eigenvalue weighted by Gasteiger charge is 2.42. The first kappa shape index (κ1) is 25.4. The Hall–Kier alpha value is -3.84. The monoisotopic (exact) mass is 571 g/mol. The van der Waals surface area contributed by atoms with E-state index in [2.05, 4.69) is 10.3 Å². The van der Waals surface area contributed by atoms with Crippen LogP contribution in [-0.4, -0.2) is 10.1 Å². The van der Waals surface area contributed by atoms with Crippen molar-refractivity contribution >= 4 is 46.2 Å². The molecule has 3 aromatic carbocycles. The van der Waals surface area contributed by atoms with Crippen molar-refractivity contribution in [3.63, 3.8) is 0 Å². The van der Waals surface area contributed by atoms with Crippen LogP contribution >= 0.6 is 35.4 Å². The van der Waals surface area contributed by atoms with E-state index < -0.39 is 0 Å². The quantitative estimate of drug-likeness (QED) is 0.205. The van der Waals surface area contributed by atoms with Crippen LogP contribution in [0, 0.1) is 6.92 Å². The summed E-state index contributed by atoms with van der Waals surface area (Å²) in [4.78, 5) is 6.66. The molecule has 2 atom stereocenters. The molecule has 5 nitrogen and oxygen atoms in total. The smallest absolute Gasteiger partial charge is 0.174 e. The summed E-state index contributed by atoms with van der Waals surface area (Å²) in [5.74, 6) is 2.85. The Morgan fingerprint density at radius 1 is 0.872 bits per heavy atom. The van der Waals surface area contributed by atoms with E-state index in [0.29, 0.717) is 26.7 Å². The van der Waals surface area contributed by atoms with E-state index >= 15 is 0 Å². The molecule has 194 valence electrons. The molecule has 0 amide bonds. The second-order valence-corrected chi connectivity index (χ2v) is 10.4. The van der Waals surface area contributed by atoms with Gasteiger partial charge in [-0.05, 0) is 91.9 Å². The molecule has 3 heterocycles. The van der Waals surface area contributed by atoms with E-state index in [0.717, 1.165) is 28.4 Å². The molecule has 1 aliphatic heterocycles. The van der Waals surface area contributed by atoms with Crippen LogP contribution in [-0.2, 0) is 0 Å². The van der Waals surface area contributed by atoms with E-state index in [1.807, 2.05) is 103 Å². The highest BCUT2D eigenvalue weighted by atomic mass is 35.5. The minimum Gasteiger partial charge on any atom is -0.459 e. The molecule has 5 aromatic rings. The van der Waals surface area contributed by atoms with Crippen LogP contribution in [0.2, 0.25) is 10.0 Å². The van der Waals surface area contributed by atoms with Crippen molar-refractivity contribution in [1.82, 2.24) is 10.3 Å². The van der Waals surface area contributed by atoms with Crippen molar-refractivity contribution in [2.75, 3.05) is 4.90 Å². The van der Waals surface area contributed by atoms with E-state index in [9.17, 15) is 0 Å². The summed E-state index contributed by atoms with van der Waals surface area (Å²) in [7, 11) is 0. The van der Waals surface area contributed by atoms with Gasteiger partial charge in [-0.25, -0.2) is 0 Å². The molecule has 8 heteroatoms. The van der Waals surface area contributed by atoms with Crippen LogP contribution in [0.25, 0.3) is 11.3 Å². The third-order valence-electron chi connectivity index (χ3n) is 6.61. The van der Waals surface area contributed by atoms with Crippen molar-refractivity contribution in [2.45, 2.75) is 19.0 Å². The number of benzene rings is 3. The van der Waals surface area contributed by atoms with Crippen LogP contribution in [0.4, 0.5) is 5.69 Å². The molecular formula is C31H23Cl2N3O2S. The molecule has 0 spiro atoms. The Bertz CT molecular complexity index is 1620. The fraction of sp³-hybridized carbons (Fsp3) is 0.0968. The Morgan fingerprint density at radius 2 is 1.62 bits per heavy atom. The molecule has 0 aliphatic carbocycles. The van der Waals surface area contributed by atoms with E-state index in [1.165, 1.54) is 5.56 Å². The number of ether oxygens (including phenoxy) is 1. The fourth-order valence-corrected chi connectivity index (χ4v) is 5.43. The topological polar surface area (TPSA) is 50.5 Å². The van der Waals surface area contributed by atoms with Gasteiger partial charge in [-0.1, -0.05) is 53.0 Å². The number of aromatic nitrogens is 1. The number of nitrogens with one attached hydrogen (secondary N) is 1. The first-order valence-electron chi connectivity index (χ1n) is 12.4. The Morgan fingerprint density at radius 3 is 2.33 bits per heavy atom. The first-order valence-corrected chi connectivity index (χ1v) is 13.5. The molecule has 1 saturated heterocycles. The van der Waals surface area contributed by atoms with E-state index in [4.69, 9.17) is 44.6 Å². The van der Waals surface area contributed by atoms with Crippen molar-refractivity contribution in [3.8, 4) is 22.8 Å². The number of hydrogen-bond acceptors (Lipinski definition) is 4. The van der Waals surface area contributed by atoms with E-state index in [1.54, 1.807) is 12.3 Å². The Labute approximate surface area is 242 Å². The van der Waals surface area contributed by atoms with Gasteiger partial charge < -0.3 is 19.4 Å². The average Bonchev–Trinajstić information content (AvgIpc) is 3.57. The number of anilines is 1. The summed E-state index contributed by atoms with van der Waals surface area (Å²) in [6.45, 7) is 2.05. The van der Waals surface area contributed by atoms with Gasteiger partial charge in [-0.2, -0.15) is 0 Å². The van der Waals surface area contributed by atoms with Gasteiger partial charge in [-0.15, -0.1) is 0 Å². The van der Waals surface area contributed by atoms with Crippen molar-refractivity contribution in [1.29, 1.82) is 0 Å². The van der Waals surface area contributed by atoms with Gasteiger partial charge in [0.25, 0.3) is 0 Å². The third-order valence-corrected chi connectivity index (χ3v) is 7.74. The highest BCUT2D eigenvalue weighted by molar-refractivity contribution is 7.80. The number of nitrogens with zero attached hydrogens (tertiary/aromatic N) is 2. The van der Waals surface area contributed by atoms with Crippen LogP contribution in [0.1, 0.15) is 29.1 Å². The summed E-state index contributed by atoms with van der Waals surface area (Å²) >= 11 is 18.6. The van der Waals surface area contributed by atoms with Crippen LogP contribution in [0.5, 0.6) is 11.5 Å². The second kappa shape index (κ2) is 10.7. The van der Waals surface area contributed by atoms with Crippen LogP contribution in [0.15, 0.2) is 108 Å². The molecule has 1 N–H and O–H groups in total. The summed E-state index contributed by atoms with van der Waals surface area (Å²) in [5.41, 5.74) is 3.65. The van der Waals surface area contributed by atoms with Crippen molar-refractivity contribution in [3.05, 3.63) is 130 Å². The van der Waals surface area contributed by atoms with Gasteiger partial charge in [0.15, 0.2) is 5.11 Å². The molecule has 0 unspecified atom stereocenters.